The van der Waals surface area contributed by atoms with Gasteiger partial charge in [-0.05, 0) is 26.7 Å². The van der Waals surface area contributed by atoms with Crippen molar-refractivity contribution in [1.82, 2.24) is 9.97 Å². The molecular weight excluding hydrogens is 224 g/mol. The molecule has 102 valence electrons. The Hall–Kier alpha value is -1.32. The van der Waals surface area contributed by atoms with Crippen LogP contribution in [0.1, 0.15) is 46.1 Å². The van der Waals surface area contributed by atoms with E-state index in [9.17, 15) is 0 Å². The molecular formula is C14H26N4. The molecule has 1 aromatic rings. The Balaban J connectivity index is 3.22. The molecule has 1 N–H and O–H groups in total. The van der Waals surface area contributed by atoms with Crippen LogP contribution in [0, 0.1) is 0 Å². The van der Waals surface area contributed by atoms with E-state index < -0.39 is 0 Å². The van der Waals surface area contributed by atoms with Crippen molar-refractivity contribution in [3.8, 4) is 0 Å². The first-order valence-corrected chi connectivity index (χ1v) is 6.73. The van der Waals surface area contributed by atoms with E-state index in [1.165, 1.54) is 5.56 Å². The zero-order valence-electron chi connectivity index (χ0n) is 12.5. The second kappa shape index (κ2) is 6.03. The molecule has 0 radical (unpaired) electrons. The van der Waals surface area contributed by atoms with Crippen LogP contribution in [0.15, 0.2) is 6.33 Å². The average molecular weight is 250 g/mol. The predicted molar refractivity (Wildman–Crippen MR) is 78.3 cm³/mol. The van der Waals surface area contributed by atoms with Crippen LogP contribution in [0.4, 0.5) is 11.6 Å². The number of hydrogen-bond acceptors (Lipinski definition) is 4. The van der Waals surface area contributed by atoms with E-state index in [4.69, 9.17) is 0 Å². The van der Waals surface area contributed by atoms with Crippen LogP contribution in [0.3, 0.4) is 0 Å². The van der Waals surface area contributed by atoms with E-state index in [1.807, 2.05) is 7.05 Å². The quantitative estimate of drug-likeness (QED) is 0.842. The third-order valence-corrected chi connectivity index (χ3v) is 3.75. The molecule has 1 rings (SSSR count). The van der Waals surface area contributed by atoms with Gasteiger partial charge in [-0.2, -0.15) is 0 Å². The van der Waals surface area contributed by atoms with Crippen LogP contribution in [-0.2, 0) is 6.42 Å². The summed E-state index contributed by atoms with van der Waals surface area (Å²) in [5.74, 6) is 1.99. The summed E-state index contributed by atoms with van der Waals surface area (Å²) < 4.78 is 0. The molecule has 0 aromatic carbocycles. The monoisotopic (exact) mass is 250 g/mol. The molecule has 1 aromatic heterocycles. The lowest BCUT2D eigenvalue weighted by atomic mass is 9.99. The van der Waals surface area contributed by atoms with Gasteiger partial charge in [0, 0.05) is 25.2 Å². The summed E-state index contributed by atoms with van der Waals surface area (Å²) in [5.41, 5.74) is 1.31. The number of hydrogen-bond donors (Lipinski definition) is 1. The SMILES string of the molecule is CCCc1c(NC)ncnc1N(C)C(C)(C)CC. The summed E-state index contributed by atoms with van der Waals surface area (Å²) in [7, 11) is 4.03. The molecule has 0 atom stereocenters. The average Bonchev–Trinajstić information content (AvgIpc) is 2.38. The minimum Gasteiger partial charge on any atom is -0.373 e. The molecule has 18 heavy (non-hydrogen) atoms. The molecule has 0 saturated heterocycles. The summed E-state index contributed by atoms with van der Waals surface area (Å²) in [6.45, 7) is 8.87. The van der Waals surface area contributed by atoms with Gasteiger partial charge in [0.05, 0.1) is 0 Å². The van der Waals surface area contributed by atoms with E-state index in [0.717, 1.165) is 30.9 Å². The molecule has 0 fully saturated rings. The van der Waals surface area contributed by atoms with Gasteiger partial charge < -0.3 is 10.2 Å². The molecule has 0 unspecified atom stereocenters. The highest BCUT2D eigenvalue weighted by atomic mass is 15.2. The van der Waals surface area contributed by atoms with Gasteiger partial charge in [-0.3, -0.25) is 0 Å². The maximum absolute atomic E-state index is 4.49. The molecule has 0 amide bonds. The molecule has 0 bridgehead atoms. The van der Waals surface area contributed by atoms with Crippen LogP contribution in [-0.4, -0.2) is 29.6 Å². The number of anilines is 2. The number of nitrogens with zero attached hydrogens (tertiary/aromatic N) is 3. The lowest BCUT2D eigenvalue weighted by Gasteiger charge is -2.37. The van der Waals surface area contributed by atoms with Crippen molar-refractivity contribution in [3.05, 3.63) is 11.9 Å². The van der Waals surface area contributed by atoms with E-state index in [0.29, 0.717) is 0 Å². The van der Waals surface area contributed by atoms with Crippen molar-refractivity contribution in [2.24, 2.45) is 0 Å². The van der Waals surface area contributed by atoms with Gasteiger partial charge in [0.25, 0.3) is 0 Å². The molecule has 0 saturated carbocycles. The topological polar surface area (TPSA) is 41.1 Å². The Labute approximate surface area is 111 Å². The summed E-state index contributed by atoms with van der Waals surface area (Å²) in [6.07, 6.45) is 4.81. The smallest absolute Gasteiger partial charge is 0.137 e. The van der Waals surface area contributed by atoms with E-state index in [-0.39, 0.29) is 5.54 Å². The summed E-state index contributed by atoms with van der Waals surface area (Å²) in [5, 5.41) is 3.17. The first kappa shape index (κ1) is 14.7. The largest absolute Gasteiger partial charge is 0.373 e. The maximum Gasteiger partial charge on any atom is 0.137 e. The Morgan fingerprint density at radius 3 is 2.44 bits per heavy atom. The van der Waals surface area contributed by atoms with E-state index >= 15 is 0 Å². The lowest BCUT2D eigenvalue weighted by Crippen LogP contribution is -2.41. The fourth-order valence-corrected chi connectivity index (χ4v) is 1.91. The molecule has 0 spiro atoms. The Morgan fingerprint density at radius 1 is 1.28 bits per heavy atom. The van der Waals surface area contributed by atoms with Crippen molar-refractivity contribution in [2.45, 2.75) is 52.5 Å². The Bertz CT molecular complexity index is 387. The van der Waals surface area contributed by atoms with Crippen LogP contribution >= 0.6 is 0 Å². The summed E-state index contributed by atoms with van der Waals surface area (Å²) in [6, 6.07) is 0. The van der Waals surface area contributed by atoms with Gasteiger partial charge in [-0.15, -0.1) is 0 Å². The molecule has 0 aliphatic rings. The van der Waals surface area contributed by atoms with Crippen LogP contribution < -0.4 is 10.2 Å². The van der Waals surface area contributed by atoms with Crippen LogP contribution in [0.2, 0.25) is 0 Å². The molecule has 1 heterocycles. The second-order valence-electron chi connectivity index (χ2n) is 5.25. The van der Waals surface area contributed by atoms with E-state index in [1.54, 1.807) is 6.33 Å². The van der Waals surface area contributed by atoms with Crippen LogP contribution in [0.25, 0.3) is 0 Å². The Morgan fingerprint density at radius 2 is 1.94 bits per heavy atom. The lowest BCUT2D eigenvalue weighted by molar-refractivity contribution is 0.465. The van der Waals surface area contributed by atoms with Crippen molar-refractivity contribution >= 4 is 11.6 Å². The zero-order chi connectivity index (χ0) is 13.8. The fraction of sp³-hybridized carbons (Fsp3) is 0.714. The van der Waals surface area contributed by atoms with Crippen molar-refractivity contribution in [2.75, 3.05) is 24.3 Å². The first-order chi connectivity index (χ1) is 8.47. The molecule has 4 nitrogen and oxygen atoms in total. The summed E-state index contributed by atoms with van der Waals surface area (Å²) >= 11 is 0. The summed E-state index contributed by atoms with van der Waals surface area (Å²) in [4.78, 5) is 11.1. The standard InChI is InChI=1S/C14H26N4/c1-7-9-11-12(15-5)16-10-17-13(11)18(6)14(3,4)8-2/h10H,7-9H2,1-6H3,(H,15,16,17). The first-order valence-electron chi connectivity index (χ1n) is 6.73. The minimum absolute atomic E-state index is 0.0991. The predicted octanol–water partition coefficient (Wildman–Crippen LogP) is 3.10. The van der Waals surface area contributed by atoms with Gasteiger partial charge in [-0.25, -0.2) is 9.97 Å². The van der Waals surface area contributed by atoms with Gasteiger partial charge >= 0.3 is 0 Å². The fourth-order valence-electron chi connectivity index (χ4n) is 1.91. The number of rotatable bonds is 6. The molecule has 4 heteroatoms. The van der Waals surface area contributed by atoms with Crippen molar-refractivity contribution in [3.63, 3.8) is 0 Å². The highest BCUT2D eigenvalue weighted by Crippen LogP contribution is 2.29. The molecule has 0 aliphatic carbocycles. The highest BCUT2D eigenvalue weighted by molar-refractivity contribution is 5.59. The second-order valence-corrected chi connectivity index (χ2v) is 5.25. The molecule has 0 aliphatic heterocycles. The van der Waals surface area contributed by atoms with Gasteiger partial charge in [0.2, 0.25) is 0 Å². The van der Waals surface area contributed by atoms with Gasteiger partial charge in [-0.1, -0.05) is 20.3 Å². The van der Waals surface area contributed by atoms with Gasteiger partial charge in [0.1, 0.15) is 18.0 Å². The normalized spacial score (nSPS) is 11.4. The zero-order valence-corrected chi connectivity index (χ0v) is 12.5. The third-order valence-electron chi connectivity index (χ3n) is 3.75. The van der Waals surface area contributed by atoms with Crippen molar-refractivity contribution in [1.29, 1.82) is 0 Å². The third kappa shape index (κ3) is 2.92. The number of aromatic nitrogens is 2. The van der Waals surface area contributed by atoms with Gasteiger partial charge in [0.15, 0.2) is 0 Å². The maximum atomic E-state index is 4.49. The van der Waals surface area contributed by atoms with Crippen LogP contribution in [0.5, 0.6) is 0 Å². The highest BCUT2D eigenvalue weighted by Gasteiger charge is 2.25. The van der Waals surface area contributed by atoms with Crippen molar-refractivity contribution < 1.29 is 0 Å². The van der Waals surface area contributed by atoms with E-state index in [2.05, 4.69) is 54.9 Å². The number of nitrogens with one attached hydrogen (secondary N) is 1. The Kier molecular flexibility index (Phi) is 4.93. The minimum atomic E-state index is 0.0991.